The molecule has 0 unspecified atom stereocenters. The summed E-state index contributed by atoms with van der Waals surface area (Å²) in [6.07, 6.45) is 3.39. The molecule has 2 heterocycles. The largest absolute Gasteiger partial charge is 0.367 e. The highest BCUT2D eigenvalue weighted by atomic mass is 35.5. The number of anilines is 4. The van der Waals surface area contributed by atoms with Crippen molar-refractivity contribution in [3.05, 3.63) is 65.4 Å². The summed E-state index contributed by atoms with van der Waals surface area (Å²) in [5, 5.41) is 20.6. The maximum atomic E-state index is 12.0. The Bertz CT molecular complexity index is 919. The maximum absolute atomic E-state index is 12.0. The molecule has 0 aliphatic rings. The summed E-state index contributed by atoms with van der Waals surface area (Å²) in [7, 11) is 0. The zero-order valence-corrected chi connectivity index (χ0v) is 16.0. The van der Waals surface area contributed by atoms with Crippen LogP contribution in [0.5, 0.6) is 0 Å². The average molecular weight is 398 g/mol. The van der Waals surface area contributed by atoms with Gasteiger partial charge in [0, 0.05) is 41.9 Å². The first-order chi connectivity index (χ1) is 13.6. The van der Waals surface area contributed by atoms with Crippen LogP contribution in [-0.2, 0) is 0 Å². The SMILES string of the molecule is Cc1c(Cl)cccc1NC(=O)NCCNc1ccc(Nc2ccncc2)nn1. The van der Waals surface area contributed by atoms with Gasteiger partial charge < -0.3 is 21.3 Å². The zero-order chi connectivity index (χ0) is 19.8. The molecule has 2 amide bonds. The number of urea groups is 1. The second-order valence-corrected chi connectivity index (χ2v) is 6.29. The van der Waals surface area contributed by atoms with Crippen LogP contribution < -0.4 is 21.3 Å². The molecule has 0 aliphatic carbocycles. The molecule has 1 aromatic carbocycles. The minimum absolute atomic E-state index is 0.296. The first-order valence-electron chi connectivity index (χ1n) is 8.66. The third kappa shape index (κ3) is 5.55. The van der Waals surface area contributed by atoms with E-state index in [2.05, 4.69) is 36.4 Å². The van der Waals surface area contributed by atoms with E-state index in [4.69, 9.17) is 11.6 Å². The van der Waals surface area contributed by atoms with Gasteiger partial charge in [-0.2, -0.15) is 0 Å². The molecule has 4 N–H and O–H groups in total. The van der Waals surface area contributed by atoms with Gasteiger partial charge in [-0.1, -0.05) is 17.7 Å². The van der Waals surface area contributed by atoms with E-state index >= 15 is 0 Å². The van der Waals surface area contributed by atoms with E-state index in [0.717, 1.165) is 11.3 Å². The van der Waals surface area contributed by atoms with E-state index in [1.165, 1.54) is 0 Å². The van der Waals surface area contributed by atoms with E-state index in [1.54, 1.807) is 30.6 Å². The molecule has 3 rings (SSSR count). The van der Waals surface area contributed by atoms with Crippen LogP contribution in [0.2, 0.25) is 5.02 Å². The highest BCUT2D eigenvalue weighted by Crippen LogP contribution is 2.22. The second kappa shape index (κ2) is 9.52. The Balaban J connectivity index is 1.40. The van der Waals surface area contributed by atoms with Gasteiger partial charge in [-0.15, -0.1) is 10.2 Å². The Kier molecular flexibility index (Phi) is 6.59. The van der Waals surface area contributed by atoms with Gasteiger partial charge in [-0.25, -0.2) is 4.79 Å². The lowest BCUT2D eigenvalue weighted by molar-refractivity contribution is 0.252. The van der Waals surface area contributed by atoms with Crippen molar-refractivity contribution in [2.45, 2.75) is 6.92 Å². The highest BCUT2D eigenvalue weighted by molar-refractivity contribution is 6.31. The van der Waals surface area contributed by atoms with Crippen molar-refractivity contribution in [3.63, 3.8) is 0 Å². The lowest BCUT2D eigenvalue weighted by Gasteiger charge is -2.11. The van der Waals surface area contributed by atoms with E-state index in [1.807, 2.05) is 31.2 Å². The van der Waals surface area contributed by atoms with Crippen LogP contribution >= 0.6 is 11.6 Å². The van der Waals surface area contributed by atoms with Gasteiger partial charge in [0.2, 0.25) is 0 Å². The molecule has 9 heteroatoms. The standard InChI is InChI=1S/C19H20ClN7O/c1-13-15(20)3-2-4-16(13)25-19(28)23-12-11-22-17-5-6-18(27-26-17)24-14-7-9-21-10-8-14/h2-10H,11-12H2,1H3,(H,22,26)(H,21,24,27)(H2,23,25,28). The minimum Gasteiger partial charge on any atom is -0.367 e. The number of hydrogen-bond donors (Lipinski definition) is 4. The normalized spacial score (nSPS) is 10.2. The summed E-state index contributed by atoms with van der Waals surface area (Å²) < 4.78 is 0. The summed E-state index contributed by atoms with van der Waals surface area (Å²) in [5.74, 6) is 1.25. The summed E-state index contributed by atoms with van der Waals surface area (Å²) in [6, 6.07) is 12.4. The molecule has 0 bridgehead atoms. The molecule has 8 nitrogen and oxygen atoms in total. The maximum Gasteiger partial charge on any atom is 0.319 e. The fourth-order valence-corrected chi connectivity index (χ4v) is 2.53. The van der Waals surface area contributed by atoms with Crippen LogP contribution in [-0.4, -0.2) is 34.3 Å². The number of nitrogens with zero attached hydrogens (tertiary/aromatic N) is 3. The lowest BCUT2D eigenvalue weighted by Crippen LogP contribution is -2.33. The second-order valence-electron chi connectivity index (χ2n) is 5.88. The van der Waals surface area contributed by atoms with Crippen LogP contribution in [0.25, 0.3) is 0 Å². The third-order valence-corrected chi connectivity index (χ3v) is 4.26. The number of carbonyl (C=O) groups is 1. The Hall–Kier alpha value is -3.39. The van der Waals surface area contributed by atoms with Gasteiger partial charge in [0.15, 0.2) is 5.82 Å². The van der Waals surface area contributed by atoms with E-state index < -0.39 is 0 Å². The number of rotatable bonds is 7. The minimum atomic E-state index is -0.296. The molecular weight excluding hydrogens is 378 g/mol. The predicted octanol–water partition coefficient (Wildman–Crippen LogP) is 3.81. The summed E-state index contributed by atoms with van der Waals surface area (Å²) >= 11 is 6.05. The monoisotopic (exact) mass is 397 g/mol. The molecule has 2 aromatic heterocycles. The number of hydrogen-bond acceptors (Lipinski definition) is 6. The molecule has 0 fully saturated rings. The van der Waals surface area contributed by atoms with Crippen molar-refractivity contribution in [1.29, 1.82) is 0 Å². The van der Waals surface area contributed by atoms with Crippen molar-refractivity contribution in [3.8, 4) is 0 Å². The molecule has 0 spiro atoms. The van der Waals surface area contributed by atoms with Crippen molar-refractivity contribution in [2.75, 3.05) is 29.0 Å². The summed E-state index contributed by atoms with van der Waals surface area (Å²) in [6.45, 7) is 2.78. The van der Waals surface area contributed by atoms with E-state index in [-0.39, 0.29) is 6.03 Å². The number of halogens is 1. The Morgan fingerprint density at radius 2 is 1.75 bits per heavy atom. The van der Waals surface area contributed by atoms with Crippen molar-refractivity contribution >= 4 is 40.6 Å². The molecule has 3 aromatic rings. The van der Waals surface area contributed by atoms with Gasteiger partial charge in [0.1, 0.15) is 5.82 Å². The fraction of sp³-hybridized carbons (Fsp3) is 0.158. The third-order valence-electron chi connectivity index (χ3n) is 3.85. The first-order valence-corrected chi connectivity index (χ1v) is 9.04. The first kappa shape index (κ1) is 19.4. The van der Waals surface area contributed by atoms with Crippen molar-refractivity contribution < 1.29 is 4.79 Å². The van der Waals surface area contributed by atoms with Gasteiger partial charge in [0.25, 0.3) is 0 Å². The van der Waals surface area contributed by atoms with Crippen molar-refractivity contribution in [1.82, 2.24) is 20.5 Å². The molecule has 0 saturated carbocycles. The number of carbonyl (C=O) groups excluding carboxylic acids is 1. The van der Waals surface area contributed by atoms with Crippen LogP contribution in [0.1, 0.15) is 5.56 Å². The summed E-state index contributed by atoms with van der Waals surface area (Å²) in [4.78, 5) is 15.9. The molecule has 0 atom stereocenters. The molecule has 144 valence electrons. The zero-order valence-electron chi connectivity index (χ0n) is 15.2. The molecule has 28 heavy (non-hydrogen) atoms. The number of pyridine rings is 1. The van der Waals surface area contributed by atoms with E-state index in [9.17, 15) is 4.79 Å². The summed E-state index contributed by atoms with van der Waals surface area (Å²) in [5.41, 5.74) is 2.39. The van der Waals surface area contributed by atoms with Crippen LogP contribution in [0, 0.1) is 6.92 Å². The Labute approximate surface area is 167 Å². The Morgan fingerprint density at radius 1 is 1.00 bits per heavy atom. The smallest absolute Gasteiger partial charge is 0.319 e. The van der Waals surface area contributed by atoms with Gasteiger partial charge in [-0.05, 0) is 48.9 Å². The highest BCUT2D eigenvalue weighted by Gasteiger charge is 2.06. The van der Waals surface area contributed by atoms with Crippen LogP contribution in [0.15, 0.2) is 54.9 Å². The molecule has 0 radical (unpaired) electrons. The fourth-order valence-electron chi connectivity index (χ4n) is 2.35. The molecule has 0 saturated heterocycles. The average Bonchev–Trinajstić information content (AvgIpc) is 2.71. The predicted molar refractivity (Wildman–Crippen MR) is 111 cm³/mol. The quantitative estimate of drug-likeness (QED) is 0.452. The van der Waals surface area contributed by atoms with Crippen molar-refractivity contribution in [2.24, 2.45) is 0 Å². The van der Waals surface area contributed by atoms with Gasteiger partial charge >= 0.3 is 6.03 Å². The topological polar surface area (TPSA) is 104 Å². The number of amides is 2. The van der Waals surface area contributed by atoms with Gasteiger partial charge in [-0.3, -0.25) is 4.98 Å². The number of benzene rings is 1. The van der Waals surface area contributed by atoms with Gasteiger partial charge in [0.05, 0.1) is 0 Å². The Morgan fingerprint density at radius 3 is 2.50 bits per heavy atom. The number of aromatic nitrogens is 3. The van der Waals surface area contributed by atoms with Crippen LogP contribution in [0.4, 0.5) is 27.8 Å². The number of nitrogens with one attached hydrogen (secondary N) is 4. The lowest BCUT2D eigenvalue weighted by atomic mass is 10.2. The molecule has 0 aliphatic heterocycles. The van der Waals surface area contributed by atoms with Crippen LogP contribution in [0.3, 0.4) is 0 Å². The van der Waals surface area contributed by atoms with E-state index in [0.29, 0.717) is 35.4 Å². The molecular formula is C19H20ClN7O.